The average Bonchev–Trinajstić information content (AvgIpc) is 2.62. The van der Waals surface area contributed by atoms with E-state index in [-0.39, 0.29) is 22.9 Å². The minimum Gasteiger partial charge on any atom is -0.496 e. The molecule has 10 heteroatoms. The molecule has 27 heavy (non-hydrogen) atoms. The molecule has 2 aromatic carbocycles. The summed E-state index contributed by atoms with van der Waals surface area (Å²) in [6, 6.07) is 10.3. The molecule has 0 aliphatic carbocycles. The summed E-state index contributed by atoms with van der Waals surface area (Å²) in [7, 11) is 3.10. The summed E-state index contributed by atoms with van der Waals surface area (Å²) in [5.41, 5.74) is 6.35. The van der Waals surface area contributed by atoms with Crippen LogP contribution in [0.5, 0.6) is 11.5 Å². The van der Waals surface area contributed by atoms with Crippen molar-refractivity contribution in [1.29, 1.82) is 5.41 Å². The lowest BCUT2D eigenvalue weighted by atomic mass is 10.2. The summed E-state index contributed by atoms with van der Waals surface area (Å²) in [6.45, 7) is 0. The summed E-state index contributed by atoms with van der Waals surface area (Å²) in [4.78, 5) is 0. The van der Waals surface area contributed by atoms with Crippen LogP contribution < -0.4 is 20.3 Å². The Kier molecular flexibility index (Phi) is 9.63. The summed E-state index contributed by atoms with van der Waals surface area (Å²) in [5.74, 6) is 1.11. The van der Waals surface area contributed by atoms with Crippen molar-refractivity contribution in [1.82, 2.24) is 10.9 Å². The van der Waals surface area contributed by atoms with Crippen LogP contribution in [0.1, 0.15) is 11.1 Å². The zero-order chi connectivity index (χ0) is 18.9. The van der Waals surface area contributed by atoms with Gasteiger partial charge in [0.1, 0.15) is 11.5 Å². The fourth-order valence-electron chi connectivity index (χ4n) is 1.97. The number of nitrogens with zero attached hydrogens (tertiary/aromatic N) is 2. The number of benzene rings is 2. The third-order valence-electron chi connectivity index (χ3n) is 3.14. The quantitative estimate of drug-likeness (QED) is 0.334. The van der Waals surface area contributed by atoms with Crippen LogP contribution in [0.2, 0.25) is 10.0 Å². The van der Waals surface area contributed by atoms with Gasteiger partial charge in [-0.05, 0) is 36.4 Å². The van der Waals surface area contributed by atoms with Gasteiger partial charge in [0.15, 0.2) is 0 Å². The number of hydrogen-bond donors (Lipinski definition) is 3. The second-order valence-corrected chi connectivity index (χ2v) is 5.76. The van der Waals surface area contributed by atoms with Crippen LogP contribution in [0.4, 0.5) is 0 Å². The van der Waals surface area contributed by atoms with Crippen molar-refractivity contribution in [2.75, 3.05) is 14.2 Å². The van der Waals surface area contributed by atoms with Gasteiger partial charge >= 0.3 is 0 Å². The van der Waals surface area contributed by atoms with Gasteiger partial charge in [0, 0.05) is 21.2 Å². The van der Waals surface area contributed by atoms with Gasteiger partial charge in [0.25, 0.3) is 0 Å². The van der Waals surface area contributed by atoms with Crippen LogP contribution in [0.3, 0.4) is 0 Å². The van der Waals surface area contributed by atoms with Crippen LogP contribution in [-0.4, -0.2) is 32.6 Å². The molecule has 144 valence electrons. The molecule has 2 aromatic rings. The van der Waals surface area contributed by atoms with Crippen LogP contribution in [0, 0.1) is 5.41 Å². The van der Waals surface area contributed by atoms with Gasteiger partial charge in [-0.2, -0.15) is 10.2 Å². The van der Waals surface area contributed by atoms with Crippen molar-refractivity contribution >= 4 is 58.6 Å². The molecule has 0 spiro atoms. The highest BCUT2D eigenvalue weighted by Crippen LogP contribution is 2.21. The molecule has 0 saturated heterocycles. The first-order chi connectivity index (χ1) is 12.5. The molecule has 0 aliphatic rings. The average molecular weight is 475 g/mol. The zero-order valence-corrected chi connectivity index (χ0v) is 17.7. The standard InChI is InChI=1S/C17H17Cl2N5O2.BrH/c1-25-15-5-3-13(18)7-11(15)9-21-23-17(20)24-22-10-12-8-14(19)4-6-16(12)26-2;/h3-10H,1-2H3,(H3,20,23,24);1H/b21-9+,22-10+;. The predicted octanol–water partition coefficient (Wildman–Crippen LogP) is 4.07. The van der Waals surface area contributed by atoms with E-state index < -0.39 is 0 Å². The summed E-state index contributed by atoms with van der Waals surface area (Å²) in [5, 5.41) is 16.7. The smallest absolute Gasteiger partial charge is 0.230 e. The number of rotatable bonds is 6. The fraction of sp³-hybridized carbons (Fsp3) is 0.118. The second kappa shape index (κ2) is 11.4. The van der Waals surface area contributed by atoms with E-state index in [4.69, 9.17) is 38.1 Å². The van der Waals surface area contributed by atoms with Gasteiger partial charge < -0.3 is 9.47 Å². The Morgan fingerprint density at radius 2 is 1.30 bits per heavy atom. The maximum atomic E-state index is 7.74. The summed E-state index contributed by atoms with van der Waals surface area (Å²) in [6.07, 6.45) is 2.98. The Balaban J connectivity index is 0.00000364. The Morgan fingerprint density at radius 1 is 0.889 bits per heavy atom. The number of methoxy groups -OCH3 is 2. The second-order valence-electron chi connectivity index (χ2n) is 4.89. The SMILES string of the molecule is Br.COc1ccc(Cl)cc1/C=N/NC(=N)N/N=C/c1cc(Cl)ccc1OC. The molecular weight excluding hydrogens is 457 g/mol. The van der Waals surface area contributed by atoms with Gasteiger partial charge in [0.05, 0.1) is 26.6 Å². The van der Waals surface area contributed by atoms with Gasteiger partial charge in [-0.15, -0.1) is 17.0 Å². The molecule has 0 amide bonds. The van der Waals surface area contributed by atoms with Crippen molar-refractivity contribution in [3.8, 4) is 11.5 Å². The molecule has 0 aliphatic heterocycles. The highest BCUT2D eigenvalue weighted by Gasteiger charge is 2.02. The van der Waals surface area contributed by atoms with E-state index in [9.17, 15) is 0 Å². The lowest BCUT2D eigenvalue weighted by molar-refractivity contribution is 0.414. The predicted molar refractivity (Wildman–Crippen MR) is 116 cm³/mol. The van der Waals surface area contributed by atoms with Crippen molar-refractivity contribution < 1.29 is 9.47 Å². The molecule has 0 fully saturated rings. The van der Waals surface area contributed by atoms with Crippen LogP contribution in [0.25, 0.3) is 0 Å². The Bertz CT molecular complexity index is 779. The largest absolute Gasteiger partial charge is 0.496 e. The molecule has 0 radical (unpaired) electrons. The Labute approximate surface area is 177 Å². The van der Waals surface area contributed by atoms with Crippen LogP contribution in [0.15, 0.2) is 46.6 Å². The molecule has 3 N–H and O–H groups in total. The van der Waals surface area contributed by atoms with E-state index >= 15 is 0 Å². The molecule has 0 heterocycles. The lowest BCUT2D eigenvalue weighted by Gasteiger charge is -2.06. The minimum absolute atomic E-state index is 0. The topological polar surface area (TPSA) is 91.1 Å². The van der Waals surface area contributed by atoms with Gasteiger partial charge in [-0.1, -0.05) is 23.2 Å². The van der Waals surface area contributed by atoms with Crippen molar-refractivity contribution in [2.24, 2.45) is 10.2 Å². The summed E-state index contributed by atoms with van der Waals surface area (Å²) < 4.78 is 10.4. The van der Waals surface area contributed by atoms with E-state index in [2.05, 4.69) is 21.1 Å². The summed E-state index contributed by atoms with van der Waals surface area (Å²) >= 11 is 11.9. The first-order valence-corrected chi connectivity index (χ1v) is 8.13. The maximum Gasteiger partial charge on any atom is 0.230 e. The van der Waals surface area contributed by atoms with Crippen molar-refractivity contribution in [2.45, 2.75) is 0 Å². The molecule has 0 bridgehead atoms. The number of ether oxygens (including phenoxy) is 2. The normalized spacial score (nSPS) is 10.5. The molecule has 0 aromatic heterocycles. The van der Waals surface area contributed by atoms with Gasteiger partial charge in [0.2, 0.25) is 5.96 Å². The number of guanidine groups is 1. The van der Waals surface area contributed by atoms with Gasteiger partial charge in [-0.3, -0.25) is 5.41 Å². The van der Waals surface area contributed by atoms with Crippen molar-refractivity contribution in [3.05, 3.63) is 57.6 Å². The van der Waals surface area contributed by atoms with E-state index in [1.807, 2.05) is 0 Å². The lowest BCUT2D eigenvalue weighted by Crippen LogP contribution is -2.29. The molecule has 2 rings (SSSR count). The number of hydrazone groups is 2. The highest BCUT2D eigenvalue weighted by molar-refractivity contribution is 8.93. The van der Waals surface area contributed by atoms with E-state index in [0.717, 1.165) is 0 Å². The van der Waals surface area contributed by atoms with Gasteiger partial charge in [-0.25, -0.2) is 10.9 Å². The first kappa shape index (κ1) is 22.8. The zero-order valence-electron chi connectivity index (χ0n) is 14.5. The monoisotopic (exact) mass is 473 g/mol. The third-order valence-corrected chi connectivity index (χ3v) is 3.61. The number of hydrogen-bond acceptors (Lipinski definition) is 5. The van der Waals surface area contributed by atoms with Crippen molar-refractivity contribution in [3.63, 3.8) is 0 Å². The fourth-order valence-corrected chi connectivity index (χ4v) is 2.33. The highest BCUT2D eigenvalue weighted by atomic mass is 79.9. The van der Waals surface area contributed by atoms with Crippen LogP contribution >= 0.6 is 40.2 Å². The van der Waals surface area contributed by atoms with E-state index in [0.29, 0.717) is 32.7 Å². The number of halogens is 3. The molecule has 0 unspecified atom stereocenters. The van der Waals surface area contributed by atoms with E-state index in [1.165, 1.54) is 12.4 Å². The first-order valence-electron chi connectivity index (χ1n) is 7.37. The molecule has 0 atom stereocenters. The van der Waals surface area contributed by atoms with E-state index in [1.54, 1.807) is 50.6 Å². The number of nitrogens with one attached hydrogen (secondary N) is 3. The third kappa shape index (κ3) is 7.09. The maximum absolute atomic E-state index is 7.74. The molecular formula is C17H18BrCl2N5O2. The Hall–Kier alpha value is -2.29. The minimum atomic E-state index is -0.125. The Morgan fingerprint density at radius 3 is 1.67 bits per heavy atom. The van der Waals surface area contributed by atoms with Crippen LogP contribution in [-0.2, 0) is 0 Å². The molecule has 0 saturated carbocycles. The molecule has 7 nitrogen and oxygen atoms in total.